The molecule has 2 heterocycles. The Kier molecular flexibility index (Phi) is 4.95. The Hall–Kier alpha value is -1.18. The smallest absolute Gasteiger partial charge is 0.211 e. The first kappa shape index (κ1) is 15.2. The molecule has 0 saturated carbocycles. The summed E-state index contributed by atoms with van der Waals surface area (Å²) in [6, 6.07) is 4.04. The van der Waals surface area contributed by atoms with E-state index in [1.54, 1.807) is 17.5 Å². The number of pyridine rings is 1. The number of thiophene rings is 1. The molecule has 2 rings (SSSR count). The van der Waals surface area contributed by atoms with Crippen LogP contribution in [0.4, 0.5) is 5.82 Å². The molecule has 2 aromatic rings. The fourth-order valence-corrected chi connectivity index (χ4v) is 3.77. The molecule has 0 saturated heterocycles. The highest BCUT2D eigenvalue weighted by molar-refractivity contribution is 7.88. The van der Waals surface area contributed by atoms with Crippen molar-refractivity contribution in [2.75, 3.05) is 31.2 Å². The van der Waals surface area contributed by atoms with Crippen LogP contribution in [0.25, 0.3) is 10.1 Å². The van der Waals surface area contributed by atoms with E-state index in [0.717, 1.165) is 17.6 Å². The first-order valence-electron chi connectivity index (χ1n) is 6.53. The molecule has 0 aliphatic carbocycles. The summed E-state index contributed by atoms with van der Waals surface area (Å²) in [5.74, 6) is 0.867. The van der Waals surface area contributed by atoms with E-state index in [1.807, 2.05) is 24.4 Å². The molecule has 0 aliphatic heterocycles. The molecule has 20 heavy (non-hydrogen) atoms. The number of anilines is 1. The monoisotopic (exact) mass is 313 g/mol. The van der Waals surface area contributed by atoms with Gasteiger partial charge in [-0.2, -0.15) is 0 Å². The minimum atomic E-state index is -3.09. The van der Waals surface area contributed by atoms with Gasteiger partial charge in [-0.05, 0) is 23.9 Å². The van der Waals surface area contributed by atoms with E-state index in [9.17, 15) is 8.42 Å². The van der Waals surface area contributed by atoms with E-state index >= 15 is 0 Å². The number of sulfonamides is 1. The Morgan fingerprint density at radius 3 is 2.90 bits per heavy atom. The van der Waals surface area contributed by atoms with Crippen LogP contribution in [-0.4, -0.2) is 43.6 Å². The average molecular weight is 313 g/mol. The third-order valence-corrected chi connectivity index (χ3v) is 5.34. The standard InChI is InChI=1S/C13H19N3O2S2/c1-3-16(20(2,17)18)9-4-7-14-13-11-6-10-19-12(11)5-8-15-13/h5-6,8,10H,3-4,7,9H2,1-2H3,(H,14,15). The summed E-state index contributed by atoms with van der Waals surface area (Å²) in [5.41, 5.74) is 0. The van der Waals surface area contributed by atoms with E-state index in [2.05, 4.69) is 10.3 Å². The van der Waals surface area contributed by atoms with Crippen LogP contribution in [0.5, 0.6) is 0 Å². The molecule has 0 radical (unpaired) electrons. The molecule has 0 spiro atoms. The van der Waals surface area contributed by atoms with Gasteiger partial charge in [-0.15, -0.1) is 11.3 Å². The maximum absolute atomic E-state index is 11.5. The molecular weight excluding hydrogens is 294 g/mol. The lowest BCUT2D eigenvalue weighted by atomic mass is 10.3. The van der Waals surface area contributed by atoms with Gasteiger partial charge >= 0.3 is 0 Å². The van der Waals surface area contributed by atoms with Crippen LogP contribution in [-0.2, 0) is 10.0 Å². The van der Waals surface area contributed by atoms with Crippen LogP contribution in [0.2, 0.25) is 0 Å². The lowest BCUT2D eigenvalue weighted by Gasteiger charge is -2.17. The molecule has 2 aromatic heterocycles. The van der Waals surface area contributed by atoms with Crippen molar-refractivity contribution in [2.45, 2.75) is 13.3 Å². The van der Waals surface area contributed by atoms with Crippen molar-refractivity contribution in [3.05, 3.63) is 23.7 Å². The summed E-state index contributed by atoms with van der Waals surface area (Å²) < 4.78 is 25.6. The SMILES string of the molecule is CCN(CCCNc1nccc2sccc12)S(C)(=O)=O. The van der Waals surface area contributed by atoms with Gasteiger partial charge in [0.15, 0.2) is 0 Å². The van der Waals surface area contributed by atoms with Crippen molar-refractivity contribution in [3.8, 4) is 0 Å². The maximum Gasteiger partial charge on any atom is 0.211 e. The zero-order chi connectivity index (χ0) is 14.6. The van der Waals surface area contributed by atoms with Crippen molar-refractivity contribution < 1.29 is 8.42 Å². The maximum atomic E-state index is 11.5. The fraction of sp³-hybridized carbons (Fsp3) is 0.462. The first-order valence-corrected chi connectivity index (χ1v) is 9.26. The van der Waals surface area contributed by atoms with Gasteiger partial charge in [0.1, 0.15) is 5.82 Å². The fourth-order valence-electron chi connectivity index (χ4n) is 2.06. The van der Waals surface area contributed by atoms with Crippen LogP contribution < -0.4 is 5.32 Å². The van der Waals surface area contributed by atoms with E-state index in [4.69, 9.17) is 0 Å². The van der Waals surface area contributed by atoms with Gasteiger partial charge in [0, 0.05) is 35.9 Å². The summed E-state index contributed by atoms with van der Waals surface area (Å²) in [6.45, 7) is 3.59. The van der Waals surface area contributed by atoms with Crippen LogP contribution in [0.1, 0.15) is 13.3 Å². The molecule has 0 aliphatic rings. The Morgan fingerprint density at radius 1 is 1.40 bits per heavy atom. The van der Waals surface area contributed by atoms with Gasteiger partial charge in [0.25, 0.3) is 0 Å². The molecule has 0 bridgehead atoms. The molecule has 0 fully saturated rings. The highest BCUT2D eigenvalue weighted by atomic mass is 32.2. The number of nitrogens with zero attached hydrogens (tertiary/aromatic N) is 2. The van der Waals surface area contributed by atoms with E-state index in [0.29, 0.717) is 19.6 Å². The third kappa shape index (κ3) is 3.68. The van der Waals surface area contributed by atoms with Crippen LogP contribution >= 0.6 is 11.3 Å². The number of nitrogens with one attached hydrogen (secondary N) is 1. The number of hydrogen-bond donors (Lipinski definition) is 1. The molecule has 0 atom stereocenters. The Morgan fingerprint density at radius 2 is 2.20 bits per heavy atom. The number of aromatic nitrogens is 1. The first-order chi connectivity index (χ1) is 9.52. The Labute approximate surface area is 123 Å². The molecule has 5 nitrogen and oxygen atoms in total. The van der Waals surface area contributed by atoms with E-state index < -0.39 is 10.0 Å². The van der Waals surface area contributed by atoms with E-state index in [-0.39, 0.29) is 0 Å². The molecule has 1 N–H and O–H groups in total. The largest absolute Gasteiger partial charge is 0.369 e. The minimum absolute atomic E-state index is 0.511. The van der Waals surface area contributed by atoms with Crippen molar-refractivity contribution >= 4 is 37.3 Å². The Bertz CT molecular complexity index is 667. The summed E-state index contributed by atoms with van der Waals surface area (Å²) in [6.07, 6.45) is 3.79. The van der Waals surface area contributed by atoms with E-state index in [1.165, 1.54) is 15.3 Å². The van der Waals surface area contributed by atoms with Gasteiger partial charge in [-0.3, -0.25) is 0 Å². The number of rotatable bonds is 7. The average Bonchev–Trinajstić information content (AvgIpc) is 2.86. The van der Waals surface area contributed by atoms with Gasteiger partial charge < -0.3 is 5.32 Å². The second-order valence-electron chi connectivity index (χ2n) is 4.53. The normalized spacial score (nSPS) is 12.2. The summed E-state index contributed by atoms with van der Waals surface area (Å²) >= 11 is 1.69. The van der Waals surface area contributed by atoms with Crippen LogP contribution in [0, 0.1) is 0 Å². The molecular formula is C13H19N3O2S2. The highest BCUT2D eigenvalue weighted by Gasteiger charge is 2.13. The van der Waals surface area contributed by atoms with Gasteiger partial charge in [0.05, 0.1) is 6.26 Å². The predicted molar refractivity (Wildman–Crippen MR) is 84.8 cm³/mol. The summed E-state index contributed by atoms with van der Waals surface area (Å²) in [4.78, 5) is 4.33. The second kappa shape index (κ2) is 6.51. The van der Waals surface area contributed by atoms with Crippen molar-refractivity contribution in [3.63, 3.8) is 0 Å². The summed E-state index contributed by atoms with van der Waals surface area (Å²) in [7, 11) is -3.09. The molecule has 0 amide bonds. The van der Waals surface area contributed by atoms with Crippen LogP contribution in [0.3, 0.4) is 0 Å². The number of fused-ring (bicyclic) bond motifs is 1. The molecule has 7 heteroatoms. The third-order valence-electron chi connectivity index (χ3n) is 3.08. The quantitative estimate of drug-likeness (QED) is 0.797. The predicted octanol–water partition coefficient (Wildman–Crippen LogP) is 2.38. The molecule has 110 valence electrons. The van der Waals surface area contributed by atoms with Crippen LogP contribution in [0.15, 0.2) is 23.7 Å². The topological polar surface area (TPSA) is 62.3 Å². The van der Waals surface area contributed by atoms with Gasteiger partial charge in [-0.1, -0.05) is 6.92 Å². The van der Waals surface area contributed by atoms with Crippen molar-refractivity contribution in [1.82, 2.24) is 9.29 Å². The molecule has 0 aromatic carbocycles. The van der Waals surface area contributed by atoms with Crippen molar-refractivity contribution in [2.24, 2.45) is 0 Å². The second-order valence-corrected chi connectivity index (χ2v) is 7.46. The van der Waals surface area contributed by atoms with Crippen molar-refractivity contribution in [1.29, 1.82) is 0 Å². The minimum Gasteiger partial charge on any atom is -0.369 e. The number of hydrogen-bond acceptors (Lipinski definition) is 5. The summed E-state index contributed by atoms with van der Waals surface area (Å²) in [5, 5.41) is 6.44. The lowest BCUT2D eigenvalue weighted by Crippen LogP contribution is -2.31. The molecule has 0 unspecified atom stereocenters. The van der Waals surface area contributed by atoms with Gasteiger partial charge in [-0.25, -0.2) is 17.7 Å². The van der Waals surface area contributed by atoms with Gasteiger partial charge in [0.2, 0.25) is 10.0 Å². The Balaban J connectivity index is 1.89. The zero-order valence-electron chi connectivity index (χ0n) is 11.7. The highest BCUT2D eigenvalue weighted by Crippen LogP contribution is 2.25. The lowest BCUT2D eigenvalue weighted by molar-refractivity contribution is 0.428. The zero-order valence-corrected chi connectivity index (χ0v) is 13.3.